The topological polar surface area (TPSA) is 98.7 Å². The van der Waals surface area contributed by atoms with Crippen LogP contribution < -0.4 is 11.1 Å². The van der Waals surface area contributed by atoms with Gasteiger partial charge in [0, 0.05) is 3.57 Å². The molecule has 0 saturated carbocycles. The Morgan fingerprint density at radius 2 is 1.75 bits per heavy atom. The monoisotopic (exact) mass is 338 g/mol. The molecule has 6 heteroatoms. The molecule has 1 rings (SSSR count). The normalized spacial score (nSPS) is 11.5. The van der Waals surface area contributed by atoms with E-state index in [9.17, 15) is 0 Å². The number of anilines is 2. The summed E-state index contributed by atoms with van der Waals surface area (Å²) >= 11 is 2.13. The van der Waals surface area contributed by atoms with E-state index in [1.165, 1.54) is 0 Å². The molecule has 0 aromatic heterocycles. The van der Waals surface area contributed by atoms with Crippen molar-refractivity contribution >= 4 is 34.0 Å². The van der Waals surface area contributed by atoms with Gasteiger partial charge in [0.2, 0.25) is 0 Å². The lowest BCUT2D eigenvalue weighted by molar-refractivity contribution is 0.0834. The van der Waals surface area contributed by atoms with Crippen molar-refractivity contribution in [3.05, 3.63) is 21.8 Å². The first kappa shape index (κ1) is 13.5. The van der Waals surface area contributed by atoms with E-state index >= 15 is 0 Å². The van der Waals surface area contributed by atoms with Crippen molar-refractivity contribution < 1.29 is 15.3 Å². The fourth-order valence-corrected chi connectivity index (χ4v) is 1.72. The second-order valence-corrected chi connectivity index (χ2v) is 4.86. The molecule has 0 spiro atoms. The van der Waals surface area contributed by atoms with Crippen LogP contribution in [0.5, 0.6) is 0 Å². The number of hydrogen-bond donors (Lipinski definition) is 5. The predicted octanol–water partition coefficient (Wildman–Crippen LogP) is 0.00100. The summed E-state index contributed by atoms with van der Waals surface area (Å²) < 4.78 is 0.989. The fourth-order valence-electron chi connectivity index (χ4n) is 1.20. The first-order valence-electron chi connectivity index (χ1n) is 4.73. The van der Waals surface area contributed by atoms with Gasteiger partial charge in [-0.05, 0) is 40.8 Å². The van der Waals surface area contributed by atoms with Gasteiger partial charge in [-0.3, -0.25) is 0 Å². The summed E-state index contributed by atoms with van der Waals surface area (Å²) in [5.74, 6) is 0. The second-order valence-electron chi connectivity index (χ2n) is 3.61. The van der Waals surface area contributed by atoms with Crippen LogP contribution in [0.15, 0.2) is 18.2 Å². The van der Waals surface area contributed by atoms with Crippen LogP contribution in [0.1, 0.15) is 0 Å². The summed E-state index contributed by atoms with van der Waals surface area (Å²) in [6.45, 7) is -1.15. The molecule has 0 atom stereocenters. The minimum absolute atomic E-state index is 0.384. The van der Waals surface area contributed by atoms with Crippen molar-refractivity contribution in [3.63, 3.8) is 0 Å². The van der Waals surface area contributed by atoms with Crippen LogP contribution in [0.25, 0.3) is 0 Å². The van der Waals surface area contributed by atoms with Gasteiger partial charge in [0.05, 0.1) is 31.2 Å². The maximum atomic E-state index is 9.16. The van der Waals surface area contributed by atoms with Crippen molar-refractivity contribution in [3.8, 4) is 0 Å². The first-order chi connectivity index (χ1) is 7.56. The molecule has 0 aliphatic rings. The molecule has 0 aliphatic heterocycles. The van der Waals surface area contributed by atoms with Crippen molar-refractivity contribution in [1.29, 1.82) is 0 Å². The van der Waals surface area contributed by atoms with Gasteiger partial charge in [-0.2, -0.15) is 0 Å². The zero-order valence-corrected chi connectivity index (χ0v) is 10.8. The molecule has 1 aromatic rings. The van der Waals surface area contributed by atoms with Crippen LogP contribution >= 0.6 is 22.6 Å². The maximum Gasteiger partial charge on any atom is 0.107 e. The Morgan fingerprint density at radius 3 is 2.19 bits per heavy atom. The Balaban J connectivity index is 2.93. The van der Waals surface area contributed by atoms with Crippen LogP contribution in [-0.2, 0) is 0 Å². The lowest BCUT2D eigenvalue weighted by Gasteiger charge is -2.30. The molecule has 1 aromatic carbocycles. The smallest absolute Gasteiger partial charge is 0.107 e. The Kier molecular flexibility index (Phi) is 4.78. The number of halogens is 1. The lowest BCUT2D eigenvalue weighted by Crippen LogP contribution is -2.49. The number of nitrogen functional groups attached to an aromatic ring is 1. The third kappa shape index (κ3) is 2.97. The number of benzene rings is 1. The van der Waals surface area contributed by atoms with Gasteiger partial charge in [-0.1, -0.05) is 0 Å². The number of aliphatic hydroxyl groups excluding tert-OH is 3. The van der Waals surface area contributed by atoms with E-state index in [2.05, 4.69) is 27.9 Å². The van der Waals surface area contributed by atoms with Gasteiger partial charge in [-0.15, -0.1) is 0 Å². The number of aliphatic hydroxyl groups is 3. The summed E-state index contributed by atoms with van der Waals surface area (Å²) in [6.07, 6.45) is 0. The van der Waals surface area contributed by atoms with Gasteiger partial charge in [0.25, 0.3) is 0 Å². The summed E-state index contributed by atoms with van der Waals surface area (Å²) in [4.78, 5) is 0. The quantitative estimate of drug-likeness (QED) is 0.385. The number of rotatable bonds is 5. The molecule has 5 nitrogen and oxygen atoms in total. The molecule has 0 bridgehead atoms. The van der Waals surface area contributed by atoms with E-state index in [0.717, 1.165) is 3.57 Å². The van der Waals surface area contributed by atoms with Crippen molar-refractivity contribution in [2.24, 2.45) is 0 Å². The third-order valence-corrected chi connectivity index (χ3v) is 2.99. The second kappa shape index (κ2) is 5.67. The molecule has 6 N–H and O–H groups in total. The van der Waals surface area contributed by atoms with E-state index in [-0.39, 0.29) is 19.8 Å². The van der Waals surface area contributed by atoms with Crippen LogP contribution in [0.4, 0.5) is 11.4 Å². The zero-order chi connectivity index (χ0) is 12.2. The van der Waals surface area contributed by atoms with E-state index in [0.29, 0.717) is 11.4 Å². The Hall–Kier alpha value is -0.570. The molecule has 0 saturated heterocycles. The van der Waals surface area contributed by atoms with Gasteiger partial charge >= 0.3 is 0 Å². The maximum absolute atomic E-state index is 9.16. The standard InChI is InChI=1S/C10H15IN2O3/c11-7-1-2-9(8(12)3-7)13-10(4-14,5-15)6-16/h1-3,13-16H,4-6,12H2. The highest BCUT2D eigenvalue weighted by Crippen LogP contribution is 2.24. The number of hydrogen-bond acceptors (Lipinski definition) is 5. The van der Waals surface area contributed by atoms with Crippen molar-refractivity contribution in [2.75, 3.05) is 30.9 Å². The molecule has 16 heavy (non-hydrogen) atoms. The summed E-state index contributed by atoms with van der Waals surface area (Å²) in [7, 11) is 0. The Labute approximate surface area is 107 Å². The van der Waals surface area contributed by atoms with Gasteiger partial charge in [0.15, 0.2) is 0 Å². The van der Waals surface area contributed by atoms with Gasteiger partial charge in [-0.25, -0.2) is 0 Å². The van der Waals surface area contributed by atoms with Crippen LogP contribution in [-0.4, -0.2) is 40.7 Å². The molecule has 0 amide bonds. The number of nitrogens with two attached hydrogens (primary N) is 1. The lowest BCUT2D eigenvalue weighted by atomic mass is 10.0. The van der Waals surface area contributed by atoms with Gasteiger partial charge < -0.3 is 26.4 Å². The molecular weight excluding hydrogens is 323 g/mol. The highest BCUT2D eigenvalue weighted by molar-refractivity contribution is 14.1. The SMILES string of the molecule is Nc1cc(I)ccc1NC(CO)(CO)CO. The largest absolute Gasteiger partial charge is 0.397 e. The molecule has 0 unspecified atom stereocenters. The van der Waals surface area contributed by atoms with E-state index in [1.54, 1.807) is 12.1 Å². The molecule has 0 heterocycles. The number of nitrogens with one attached hydrogen (secondary N) is 1. The third-order valence-electron chi connectivity index (χ3n) is 2.32. The molecule has 0 aliphatic carbocycles. The zero-order valence-electron chi connectivity index (χ0n) is 8.65. The average molecular weight is 338 g/mol. The Morgan fingerprint density at radius 1 is 1.19 bits per heavy atom. The minimum Gasteiger partial charge on any atom is -0.397 e. The molecule has 0 radical (unpaired) electrons. The summed E-state index contributed by atoms with van der Waals surface area (Å²) in [6, 6.07) is 5.35. The molecule has 0 fully saturated rings. The van der Waals surface area contributed by atoms with Crippen LogP contribution in [0.3, 0.4) is 0 Å². The summed E-state index contributed by atoms with van der Waals surface area (Å²) in [5.41, 5.74) is 5.72. The molecule has 90 valence electrons. The average Bonchev–Trinajstić information content (AvgIpc) is 2.29. The van der Waals surface area contributed by atoms with Crippen LogP contribution in [0.2, 0.25) is 0 Å². The highest BCUT2D eigenvalue weighted by Gasteiger charge is 2.28. The van der Waals surface area contributed by atoms with E-state index in [1.807, 2.05) is 6.07 Å². The fraction of sp³-hybridized carbons (Fsp3) is 0.400. The summed E-state index contributed by atoms with van der Waals surface area (Å²) in [5, 5.41) is 30.3. The predicted molar refractivity (Wildman–Crippen MR) is 71.2 cm³/mol. The van der Waals surface area contributed by atoms with Crippen molar-refractivity contribution in [1.82, 2.24) is 0 Å². The van der Waals surface area contributed by atoms with Crippen molar-refractivity contribution in [2.45, 2.75) is 5.54 Å². The first-order valence-corrected chi connectivity index (χ1v) is 5.80. The highest BCUT2D eigenvalue weighted by atomic mass is 127. The van der Waals surface area contributed by atoms with Crippen LogP contribution in [0, 0.1) is 3.57 Å². The van der Waals surface area contributed by atoms with E-state index in [4.69, 9.17) is 21.1 Å². The minimum atomic E-state index is -1.15. The van der Waals surface area contributed by atoms with E-state index < -0.39 is 5.54 Å². The Bertz CT molecular complexity index is 348. The van der Waals surface area contributed by atoms with Gasteiger partial charge in [0.1, 0.15) is 5.54 Å². The molecular formula is C10H15IN2O3.